The van der Waals surface area contributed by atoms with Crippen molar-refractivity contribution in [3.8, 4) is 5.75 Å². The van der Waals surface area contributed by atoms with E-state index in [9.17, 15) is 15.2 Å². The van der Waals surface area contributed by atoms with Gasteiger partial charge in [0.05, 0.1) is 9.40 Å². The third-order valence-corrected chi connectivity index (χ3v) is 4.83. The van der Waals surface area contributed by atoms with Crippen LogP contribution in [-0.4, -0.2) is 41.1 Å². The average Bonchev–Trinajstić information content (AvgIpc) is 3.29. The molecule has 6 nitrogen and oxygen atoms in total. The van der Waals surface area contributed by atoms with Crippen LogP contribution >= 0.6 is 15.9 Å². The molecule has 0 amide bonds. The minimum atomic E-state index is -0.407. The van der Waals surface area contributed by atoms with Crippen LogP contribution in [0, 0.1) is 16.0 Å². The summed E-state index contributed by atoms with van der Waals surface area (Å²) in [7, 11) is 0. The van der Waals surface area contributed by atoms with Gasteiger partial charge in [-0.3, -0.25) is 15.0 Å². The SMILES string of the molecule is O=[N+]([O-])c1cc(Br)c(O)c([C@H](C2CC2)N2CCNCC2)c1. The number of hydrogen-bond acceptors (Lipinski definition) is 5. The molecule has 0 aromatic heterocycles. The van der Waals surface area contributed by atoms with Crippen LogP contribution in [0.4, 0.5) is 5.69 Å². The number of halogens is 1. The minimum absolute atomic E-state index is 0.0236. The third kappa shape index (κ3) is 3.04. The number of nitrogens with one attached hydrogen (secondary N) is 1. The Morgan fingerprint density at radius 2 is 2.05 bits per heavy atom. The molecule has 0 bridgehead atoms. The fourth-order valence-corrected chi connectivity index (χ4v) is 3.52. The Hall–Kier alpha value is -1.18. The zero-order chi connectivity index (χ0) is 15.0. The van der Waals surface area contributed by atoms with E-state index in [0.29, 0.717) is 16.0 Å². The van der Waals surface area contributed by atoms with E-state index in [-0.39, 0.29) is 17.5 Å². The highest BCUT2D eigenvalue weighted by molar-refractivity contribution is 9.10. The molecule has 0 spiro atoms. The predicted octanol–water partition coefficient (Wildman–Crippen LogP) is 2.42. The van der Waals surface area contributed by atoms with E-state index < -0.39 is 4.92 Å². The van der Waals surface area contributed by atoms with E-state index in [1.165, 1.54) is 12.1 Å². The molecule has 1 atom stereocenters. The van der Waals surface area contributed by atoms with Gasteiger partial charge in [-0.05, 0) is 34.7 Å². The summed E-state index contributed by atoms with van der Waals surface area (Å²) in [5.74, 6) is 0.624. The molecule has 1 aliphatic carbocycles. The first-order valence-corrected chi connectivity index (χ1v) is 7.99. The molecule has 0 radical (unpaired) electrons. The van der Waals surface area contributed by atoms with Crippen LogP contribution in [0.25, 0.3) is 0 Å². The average molecular weight is 356 g/mol. The number of piperazine rings is 1. The van der Waals surface area contributed by atoms with E-state index in [1.807, 2.05) is 0 Å². The molecule has 1 heterocycles. The van der Waals surface area contributed by atoms with Gasteiger partial charge in [-0.25, -0.2) is 0 Å². The van der Waals surface area contributed by atoms with Gasteiger partial charge in [-0.2, -0.15) is 0 Å². The minimum Gasteiger partial charge on any atom is -0.506 e. The first kappa shape index (κ1) is 14.7. The highest BCUT2D eigenvalue weighted by Crippen LogP contribution is 2.49. The van der Waals surface area contributed by atoms with Crippen LogP contribution < -0.4 is 5.32 Å². The number of nitrogens with zero attached hydrogens (tertiary/aromatic N) is 2. The third-order valence-electron chi connectivity index (χ3n) is 4.22. The van der Waals surface area contributed by atoms with Gasteiger partial charge in [0.1, 0.15) is 5.75 Å². The highest BCUT2D eigenvalue weighted by atomic mass is 79.9. The topological polar surface area (TPSA) is 78.6 Å². The molecule has 2 aliphatic rings. The van der Waals surface area contributed by atoms with Crippen LogP contribution in [0.15, 0.2) is 16.6 Å². The van der Waals surface area contributed by atoms with Crippen molar-refractivity contribution < 1.29 is 10.0 Å². The molecule has 1 aromatic carbocycles. The van der Waals surface area contributed by atoms with E-state index in [0.717, 1.165) is 39.0 Å². The molecule has 114 valence electrons. The lowest BCUT2D eigenvalue weighted by Crippen LogP contribution is -2.45. The van der Waals surface area contributed by atoms with Gasteiger partial charge < -0.3 is 10.4 Å². The smallest absolute Gasteiger partial charge is 0.271 e. The molecule has 1 aliphatic heterocycles. The van der Waals surface area contributed by atoms with Crippen molar-refractivity contribution in [1.82, 2.24) is 10.2 Å². The lowest BCUT2D eigenvalue weighted by Gasteiger charge is -2.35. The molecule has 7 heteroatoms. The Morgan fingerprint density at radius 1 is 1.38 bits per heavy atom. The molecule has 1 saturated heterocycles. The van der Waals surface area contributed by atoms with E-state index >= 15 is 0 Å². The molecular weight excluding hydrogens is 338 g/mol. The van der Waals surface area contributed by atoms with Crippen LogP contribution in [0.5, 0.6) is 5.75 Å². The van der Waals surface area contributed by atoms with E-state index in [2.05, 4.69) is 26.1 Å². The second-order valence-electron chi connectivity index (χ2n) is 5.69. The number of nitro benzene ring substituents is 1. The molecule has 0 unspecified atom stereocenters. The molecule has 1 saturated carbocycles. The lowest BCUT2D eigenvalue weighted by atomic mass is 9.98. The summed E-state index contributed by atoms with van der Waals surface area (Å²) in [5, 5.41) is 24.8. The standard InChI is InChI=1S/C14H18BrN3O3/c15-12-8-10(18(20)21)7-11(14(12)19)13(9-1-2-9)17-5-3-16-4-6-17/h7-9,13,16,19H,1-6H2/t13-/m0/s1. The first-order chi connectivity index (χ1) is 10.1. The van der Waals surface area contributed by atoms with Gasteiger partial charge in [-0.15, -0.1) is 0 Å². The van der Waals surface area contributed by atoms with Crippen LogP contribution in [0.1, 0.15) is 24.4 Å². The van der Waals surface area contributed by atoms with Crippen molar-refractivity contribution in [2.24, 2.45) is 5.92 Å². The number of nitro groups is 1. The summed E-state index contributed by atoms with van der Waals surface area (Å²) in [6.07, 6.45) is 2.24. The Bertz CT molecular complexity index is 557. The van der Waals surface area contributed by atoms with Crippen molar-refractivity contribution in [3.63, 3.8) is 0 Å². The Labute approximate surface area is 131 Å². The summed E-state index contributed by atoms with van der Waals surface area (Å²) in [5.41, 5.74) is 0.705. The van der Waals surface area contributed by atoms with Crippen molar-refractivity contribution in [1.29, 1.82) is 0 Å². The summed E-state index contributed by atoms with van der Waals surface area (Å²) < 4.78 is 0.396. The fraction of sp³-hybridized carbons (Fsp3) is 0.571. The largest absolute Gasteiger partial charge is 0.506 e. The van der Waals surface area contributed by atoms with E-state index in [4.69, 9.17) is 0 Å². The molecule has 21 heavy (non-hydrogen) atoms. The maximum Gasteiger partial charge on any atom is 0.271 e. The predicted molar refractivity (Wildman–Crippen MR) is 82.4 cm³/mol. The number of phenolic OH excluding ortho intramolecular Hbond substituents is 1. The van der Waals surface area contributed by atoms with Crippen LogP contribution in [0.2, 0.25) is 0 Å². The number of aromatic hydroxyl groups is 1. The lowest BCUT2D eigenvalue weighted by molar-refractivity contribution is -0.385. The summed E-state index contributed by atoms with van der Waals surface area (Å²) in [6, 6.07) is 2.97. The number of rotatable bonds is 4. The molecule has 3 rings (SSSR count). The molecule has 2 N–H and O–H groups in total. The van der Waals surface area contributed by atoms with Crippen molar-refractivity contribution in [3.05, 3.63) is 32.3 Å². The highest BCUT2D eigenvalue weighted by Gasteiger charge is 2.39. The quantitative estimate of drug-likeness (QED) is 0.640. The number of phenols is 1. The van der Waals surface area contributed by atoms with Gasteiger partial charge in [0, 0.05) is 49.9 Å². The van der Waals surface area contributed by atoms with Crippen molar-refractivity contribution in [2.75, 3.05) is 26.2 Å². The normalized spacial score (nSPS) is 21.2. The molecule has 1 aromatic rings. The maximum atomic E-state index is 11.1. The monoisotopic (exact) mass is 355 g/mol. The Balaban J connectivity index is 2.00. The maximum absolute atomic E-state index is 11.1. The van der Waals surface area contributed by atoms with Gasteiger partial charge in [0.25, 0.3) is 5.69 Å². The zero-order valence-electron chi connectivity index (χ0n) is 11.6. The van der Waals surface area contributed by atoms with E-state index in [1.54, 1.807) is 0 Å². The van der Waals surface area contributed by atoms with Gasteiger partial charge in [-0.1, -0.05) is 0 Å². The zero-order valence-corrected chi connectivity index (χ0v) is 13.2. The summed E-state index contributed by atoms with van der Waals surface area (Å²) in [6.45, 7) is 3.64. The molecule has 2 fully saturated rings. The Morgan fingerprint density at radius 3 is 2.62 bits per heavy atom. The number of hydrogen-bond donors (Lipinski definition) is 2. The van der Waals surface area contributed by atoms with Crippen LogP contribution in [-0.2, 0) is 0 Å². The van der Waals surface area contributed by atoms with Gasteiger partial charge >= 0.3 is 0 Å². The number of non-ortho nitro benzene ring substituents is 1. The summed E-state index contributed by atoms with van der Waals surface area (Å²) >= 11 is 3.24. The van der Waals surface area contributed by atoms with Gasteiger partial charge in [0.15, 0.2) is 0 Å². The Kier molecular flexibility index (Phi) is 4.14. The fourth-order valence-electron chi connectivity index (χ4n) is 3.06. The molecular formula is C14H18BrN3O3. The number of benzene rings is 1. The first-order valence-electron chi connectivity index (χ1n) is 7.19. The second kappa shape index (κ2) is 5.90. The van der Waals surface area contributed by atoms with Gasteiger partial charge in [0.2, 0.25) is 0 Å². The second-order valence-corrected chi connectivity index (χ2v) is 6.55. The van der Waals surface area contributed by atoms with Crippen molar-refractivity contribution in [2.45, 2.75) is 18.9 Å². The summed E-state index contributed by atoms with van der Waals surface area (Å²) in [4.78, 5) is 13.0. The van der Waals surface area contributed by atoms with Crippen LogP contribution in [0.3, 0.4) is 0 Å². The van der Waals surface area contributed by atoms with Crippen molar-refractivity contribution >= 4 is 21.6 Å².